The van der Waals surface area contributed by atoms with Crippen molar-refractivity contribution in [2.24, 2.45) is 0 Å². The van der Waals surface area contributed by atoms with Crippen molar-refractivity contribution in [2.45, 2.75) is 11.4 Å². The van der Waals surface area contributed by atoms with E-state index in [1.165, 1.54) is 18.4 Å². The number of anilines is 1. The fourth-order valence-electron chi connectivity index (χ4n) is 3.49. The number of sulfonamides is 1. The summed E-state index contributed by atoms with van der Waals surface area (Å²) in [4.78, 5) is 13.0. The molecule has 5 rings (SSSR count). The zero-order chi connectivity index (χ0) is 23.5. The molecule has 3 aromatic carbocycles. The van der Waals surface area contributed by atoms with E-state index < -0.39 is 10.0 Å². The first kappa shape index (κ1) is 21.6. The third-order valence-corrected chi connectivity index (χ3v) is 6.59. The summed E-state index contributed by atoms with van der Waals surface area (Å²) in [6.45, 7) is 0.0222. The number of benzene rings is 3. The van der Waals surface area contributed by atoms with Gasteiger partial charge >= 0.3 is 0 Å². The van der Waals surface area contributed by atoms with Gasteiger partial charge in [-0.15, -0.1) is 0 Å². The van der Waals surface area contributed by atoms with E-state index in [9.17, 15) is 13.2 Å². The third kappa shape index (κ3) is 4.47. The molecule has 170 valence electrons. The van der Waals surface area contributed by atoms with E-state index in [1.807, 2.05) is 30.3 Å². The molecule has 0 saturated carbocycles. The molecule has 34 heavy (non-hydrogen) atoms. The molecule has 2 N–H and O–H groups in total. The van der Waals surface area contributed by atoms with Crippen LogP contribution in [0.2, 0.25) is 0 Å². The Morgan fingerprint density at radius 1 is 0.912 bits per heavy atom. The third-order valence-electron chi connectivity index (χ3n) is 5.19. The molecule has 0 aliphatic carbocycles. The number of fused-ring (bicyclic) bond motifs is 1. The topological polar surface area (TPSA) is 114 Å². The summed E-state index contributed by atoms with van der Waals surface area (Å²) in [5, 5.41) is 7.53. The van der Waals surface area contributed by atoms with Crippen LogP contribution in [0.15, 0.2) is 105 Å². The average Bonchev–Trinajstić information content (AvgIpc) is 3.53. The normalized spacial score (nSPS) is 11.5. The van der Waals surface area contributed by atoms with Crippen molar-refractivity contribution in [3.63, 3.8) is 0 Å². The molecule has 0 fully saturated rings. The van der Waals surface area contributed by atoms with E-state index in [2.05, 4.69) is 15.2 Å². The number of furan rings is 1. The van der Waals surface area contributed by atoms with Crippen molar-refractivity contribution in [2.75, 3.05) is 5.32 Å². The molecule has 0 radical (unpaired) electrons. The lowest BCUT2D eigenvalue weighted by atomic mass is 10.1. The molecule has 0 aliphatic rings. The van der Waals surface area contributed by atoms with Crippen molar-refractivity contribution in [1.82, 2.24) is 9.88 Å². The first-order valence-electron chi connectivity index (χ1n) is 10.4. The van der Waals surface area contributed by atoms with Crippen LogP contribution in [0.4, 0.5) is 5.69 Å². The molecule has 0 saturated heterocycles. The fourth-order valence-corrected chi connectivity index (χ4v) is 4.53. The minimum absolute atomic E-state index is 0.0222. The maximum Gasteiger partial charge on any atom is 0.255 e. The highest BCUT2D eigenvalue weighted by molar-refractivity contribution is 7.89. The van der Waals surface area contributed by atoms with Gasteiger partial charge in [-0.2, -0.15) is 0 Å². The smallest absolute Gasteiger partial charge is 0.255 e. The largest absolute Gasteiger partial charge is 0.468 e. The molecule has 8 nitrogen and oxygen atoms in total. The molecule has 1 amide bonds. The molecule has 0 bridgehead atoms. The number of aromatic nitrogens is 1. The maximum absolute atomic E-state index is 12.9. The Kier molecular flexibility index (Phi) is 5.70. The molecule has 5 aromatic rings. The van der Waals surface area contributed by atoms with E-state index in [0.29, 0.717) is 33.7 Å². The summed E-state index contributed by atoms with van der Waals surface area (Å²) in [6.07, 6.45) is 1.47. The molecule has 2 heterocycles. The standard InChI is InChI=1S/C25H19N3O5S/c29-25(18-11-12-23-22(14-18)24(33-28-23)17-6-2-1-3-7-17)27-19-8-4-10-21(15-19)34(30,31)26-16-20-9-5-13-32-20/h1-15,26H,16H2,(H,27,29). The lowest BCUT2D eigenvalue weighted by Gasteiger charge is -2.09. The first-order valence-corrected chi connectivity index (χ1v) is 11.9. The summed E-state index contributed by atoms with van der Waals surface area (Å²) in [6, 6.07) is 23.9. The predicted octanol–water partition coefficient (Wildman–Crippen LogP) is 4.82. The highest BCUT2D eigenvalue weighted by Gasteiger charge is 2.17. The minimum atomic E-state index is -3.80. The van der Waals surface area contributed by atoms with Crippen LogP contribution in [0, 0.1) is 0 Å². The summed E-state index contributed by atoms with van der Waals surface area (Å²) in [7, 11) is -3.80. The second kappa shape index (κ2) is 8.97. The van der Waals surface area contributed by atoms with Crippen LogP contribution < -0.4 is 10.0 Å². The quantitative estimate of drug-likeness (QED) is 0.350. The van der Waals surface area contributed by atoms with Crippen LogP contribution in [0.1, 0.15) is 16.1 Å². The Morgan fingerprint density at radius 3 is 2.56 bits per heavy atom. The average molecular weight is 474 g/mol. The monoisotopic (exact) mass is 473 g/mol. The van der Waals surface area contributed by atoms with Gasteiger partial charge in [-0.05, 0) is 48.5 Å². The van der Waals surface area contributed by atoms with Gasteiger partial charge in [0.1, 0.15) is 11.3 Å². The van der Waals surface area contributed by atoms with Gasteiger partial charge in [-0.3, -0.25) is 4.79 Å². The number of nitrogens with zero attached hydrogens (tertiary/aromatic N) is 1. The number of carbonyl (C=O) groups is 1. The zero-order valence-electron chi connectivity index (χ0n) is 17.8. The summed E-state index contributed by atoms with van der Waals surface area (Å²) in [5.74, 6) is 0.674. The second-order valence-corrected chi connectivity index (χ2v) is 9.26. The Morgan fingerprint density at radius 2 is 1.76 bits per heavy atom. The molecule has 2 aromatic heterocycles. The van der Waals surface area contributed by atoms with Crippen LogP contribution >= 0.6 is 0 Å². The van der Waals surface area contributed by atoms with E-state index in [4.69, 9.17) is 8.94 Å². The van der Waals surface area contributed by atoms with Crippen LogP contribution in [0.5, 0.6) is 0 Å². The van der Waals surface area contributed by atoms with Crippen LogP contribution in [-0.2, 0) is 16.6 Å². The molecule has 9 heteroatoms. The first-order chi connectivity index (χ1) is 16.5. The molecule has 0 unspecified atom stereocenters. The van der Waals surface area contributed by atoms with E-state index in [1.54, 1.807) is 42.5 Å². The van der Waals surface area contributed by atoms with Crippen molar-refractivity contribution in [1.29, 1.82) is 0 Å². The number of nitrogens with one attached hydrogen (secondary N) is 2. The molecule has 0 aliphatic heterocycles. The summed E-state index contributed by atoms with van der Waals surface area (Å²) >= 11 is 0. The minimum Gasteiger partial charge on any atom is -0.468 e. The zero-order valence-corrected chi connectivity index (χ0v) is 18.6. The molecule has 0 atom stereocenters. The van der Waals surface area contributed by atoms with Gasteiger partial charge in [-0.25, -0.2) is 13.1 Å². The number of carbonyl (C=O) groups excluding carboxylic acids is 1. The van der Waals surface area contributed by atoms with Gasteiger partial charge in [0.25, 0.3) is 5.91 Å². The highest BCUT2D eigenvalue weighted by atomic mass is 32.2. The van der Waals surface area contributed by atoms with E-state index in [0.717, 1.165) is 5.56 Å². The van der Waals surface area contributed by atoms with Crippen molar-refractivity contribution in [3.05, 3.63) is 103 Å². The Hall–Kier alpha value is -4.21. The fraction of sp³-hybridized carbons (Fsp3) is 0.0400. The Balaban J connectivity index is 1.36. The predicted molar refractivity (Wildman–Crippen MR) is 127 cm³/mol. The van der Waals surface area contributed by atoms with Crippen LogP contribution in [-0.4, -0.2) is 19.5 Å². The second-order valence-electron chi connectivity index (χ2n) is 7.50. The maximum atomic E-state index is 12.9. The Labute approximate surface area is 195 Å². The van der Waals surface area contributed by atoms with Gasteiger partial charge in [0, 0.05) is 16.8 Å². The number of rotatable bonds is 7. The SMILES string of the molecule is O=C(Nc1cccc(S(=O)(=O)NCc2ccco2)c1)c1ccc2noc(-c3ccccc3)c2c1. The van der Waals surface area contributed by atoms with E-state index in [-0.39, 0.29) is 17.3 Å². The molecular formula is C25H19N3O5S. The molecule has 0 spiro atoms. The van der Waals surface area contributed by atoms with Crippen molar-refractivity contribution in [3.8, 4) is 11.3 Å². The Bertz CT molecular complexity index is 1560. The van der Waals surface area contributed by atoms with Crippen LogP contribution in [0.25, 0.3) is 22.2 Å². The van der Waals surface area contributed by atoms with Crippen LogP contribution in [0.3, 0.4) is 0 Å². The van der Waals surface area contributed by atoms with Gasteiger partial charge in [0.2, 0.25) is 10.0 Å². The van der Waals surface area contributed by atoms with Gasteiger partial charge in [0.05, 0.1) is 23.1 Å². The number of hydrogen-bond acceptors (Lipinski definition) is 6. The lowest BCUT2D eigenvalue weighted by Crippen LogP contribution is -2.23. The lowest BCUT2D eigenvalue weighted by molar-refractivity contribution is 0.102. The van der Waals surface area contributed by atoms with E-state index >= 15 is 0 Å². The van der Waals surface area contributed by atoms with Gasteiger partial charge < -0.3 is 14.3 Å². The highest BCUT2D eigenvalue weighted by Crippen LogP contribution is 2.29. The van der Waals surface area contributed by atoms with Crippen molar-refractivity contribution >= 4 is 32.5 Å². The van der Waals surface area contributed by atoms with Gasteiger partial charge in [-0.1, -0.05) is 41.6 Å². The summed E-state index contributed by atoms with van der Waals surface area (Å²) in [5.41, 5.74) is 2.21. The number of hydrogen-bond donors (Lipinski definition) is 2. The summed E-state index contributed by atoms with van der Waals surface area (Å²) < 4.78 is 38.4. The number of amides is 1. The molecular weight excluding hydrogens is 454 g/mol. The van der Waals surface area contributed by atoms with Gasteiger partial charge in [0.15, 0.2) is 5.76 Å². The van der Waals surface area contributed by atoms with Crippen molar-refractivity contribution < 1.29 is 22.2 Å².